The molecule has 0 aromatic carbocycles. The van der Waals surface area contributed by atoms with Crippen molar-refractivity contribution in [3.63, 3.8) is 0 Å². The van der Waals surface area contributed by atoms with Gasteiger partial charge in [0.15, 0.2) is 0 Å². The summed E-state index contributed by atoms with van der Waals surface area (Å²) in [6.45, 7) is 13.1. The average Bonchev–Trinajstić information content (AvgIpc) is 2.16. The van der Waals surface area contributed by atoms with Gasteiger partial charge < -0.3 is 0 Å². The van der Waals surface area contributed by atoms with Crippen molar-refractivity contribution in [3.05, 3.63) is 36.5 Å². The topological polar surface area (TPSA) is 23.8 Å². The van der Waals surface area contributed by atoms with Crippen LogP contribution in [0.1, 0.15) is 27.2 Å². The first-order valence-corrected chi connectivity index (χ1v) is 4.16. The lowest BCUT2D eigenvalue weighted by Crippen LogP contribution is -1.75. The summed E-state index contributed by atoms with van der Waals surface area (Å²) in [6, 6.07) is 1.95. The normalized spacial score (nSPS) is 9.00. The van der Waals surface area contributed by atoms with E-state index in [1.54, 1.807) is 12.2 Å². The molecular weight excluding hydrogens is 146 g/mol. The van der Waals surface area contributed by atoms with Crippen LogP contribution in [0.4, 0.5) is 0 Å². The molecule has 0 aliphatic carbocycles. The minimum atomic E-state index is 0.483. The molecule has 0 aliphatic rings. The van der Waals surface area contributed by atoms with Gasteiger partial charge in [0.2, 0.25) is 0 Å². The van der Waals surface area contributed by atoms with Gasteiger partial charge in [0.05, 0.1) is 6.07 Å². The number of nitrogens with zero attached hydrogens (tertiary/aromatic N) is 1. The van der Waals surface area contributed by atoms with Crippen LogP contribution in [0.2, 0.25) is 0 Å². The monoisotopic (exact) mass is 163 g/mol. The molecule has 0 atom stereocenters. The molecule has 0 heterocycles. The predicted octanol–water partition coefficient (Wildman–Crippen LogP) is 3.61. The fourth-order valence-corrected chi connectivity index (χ4v) is 0.561. The number of hydrogen-bond donors (Lipinski definition) is 0. The van der Waals surface area contributed by atoms with E-state index in [0.29, 0.717) is 5.57 Å². The van der Waals surface area contributed by atoms with Crippen LogP contribution in [0.25, 0.3) is 0 Å². The average molecular weight is 163 g/mol. The maximum Gasteiger partial charge on any atom is 0.0985 e. The second kappa shape index (κ2) is 9.71. The van der Waals surface area contributed by atoms with Gasteiger partial charge in [-0.25, -0.2) is 0 Å². The fourth-order valence-electron chi connectivity index (χ4n) is 0.561. The molecular formula is C11H17N. The highest BCUT2D eigenvalue weighted by Crippen LogP contribution is 2.04. The summed E-state index contributed by atoms with van der Waals surface area (Å²) in [5.41, 5.74) is 1.53. The van der Waals surface area contributed by atoms with Crippen LogP contribution < -0.4 is 0 Å². The van der Waals surface area contributed by atoms with Crippen LogP contribution in [0, 0.1) is 11.3 Å². The molecule has 0 bridgehead atoms. The molecule has 0 fully saturated rings. The predicted molar refractivity (Wildman–Crippen MR) is 54.7 cm³/mol. The third kappa shape index (κ3) is 6.82. The molecule has 0 saturated heterocycles. The van der Waals surface area contributed by atoms with Crippen LogP contribution >= 0.6 is 0 Å². The standard InChI is InChI=1S/C9H11N.C2H6/c1-4-9(5-2)6-8(3)7-10;1-2/h4,6H,1,3,5H2,2H3;1-2H3/b9-6+;. The number of rotatable bonds is 3. The van der Waals surface area contributed by atoms with Gasteiger partial charge in [-0.15, -0.1) is 0 Å². The van der Waals surface area contributed by atoms with Crippen LogP contribution in [-0.2, 0) is 0 Å². The van der Waals surface area contributed by atoms with E-state index in [1.165, 1.54) is 0 Å². The molecule has 0 rings (SSSR count). The van der Waals surface area contributed by atoms with Crippen molar-refractivity contribution in [1.82, 2.24) is 0 Å². The van der Waals surface area contributed by atoms with Crippen LogP contribution in [0.3, 0.4) is 0 Å². The lowest BCUT2D eigenvalue weighted by atomic mass is 10.1. The van der Waals surface area contributed by atoms with Crippen molar-refractivity contribution >= 4 is 0 Å². The SMILES string of the molecule is C=C/C(=C\C(=C)C#N)CC.CC. The molecule has 1 heteroatoms. The first-order valence-electron chi connectivity index (χ1n) is 4.16. The van der Waals surface area contributed by atoms with E-state index in [9.17, 15) is 0 Å². The van der Waals surface area contributed by atoms with Gasteiger partial charge >= 0.3 is 0 Å². The maximum atomic E-state index is 8.35. The Labute approximate surface area is 75.7 Å². The summed E-state index contributed by atoms with van der Waals surface area (Å²) in [6.07, 6.45) is 4.37. The summed E-state index contributed by atoms with van der Waals surface area (Å²) >= 11 is 0. The van der Waals surface area contributed by atoms with Crippen LogP contribution in [0.5, 0.6) is 0 Å². The second-order valence-corrected chi connectivity index (χ2v) is 1.91. The smallest absolute Gasteiger partial charge is 0.0985 e. The molecule has 0 aliphatic heterocycles. The van der Waals surface area contributed by atoms with E-state index in [1.807, 2.05) is 26.8 Å². The molecule has 12 heavy (non-hydrogen) atoms. The quantitative estimate of drug-likeness (QED) is 0.460. The molecule has 0 saturated carbocycles. The Morgan fingerprint density at radius 2 is 2.00 bits per heavy atom. The third-order valence-electron chi connectivity index (χ3n) is 1.17. The summed E-state index contributed by atoms with van der Waals surface area (Å²) < 4.78 is 0. The van der Waals surface area contributed by atoms with Crippen molar-refractivity contribution in [1.29, 1.82) is 5.26 Å². The van der Waals surface area contributed by atoms with E-state index in [0.717, 1.165) is 12.0 Å². The third-order valence-corrected chi connectivity index (χ3v) is 1.17. The Morgan fingerprint density at radius 1 is 1.50 bits per heavy atom. The summed E-state index contributed by atoms with van der Waals surface area (Å²) in [4.78, 5) is 0. The molecule has 1 nitrogen and oxygen atoms in total. The lowest BCUT2D eigenvalue weighted by molar-refractivity contribution is 1.15. The highest BCUT2D eigenvalue weighted by molar-refractivity contribution is 5.35. The van der Waals surface area contributed by atoms with Crippen molar-refractivity contribution in [2.75, 3.05) is 0 Å². The summed E-state index contributed by atoms with van der Waals surface area (Å²) in [7, 11) is 0. The van der Waals surface area contributed by atoms with Gasteiger partial charge in [0.25, 0.3) is 0 Å². The van der Waals surface area contributed by atoms with Gasteiger partial charge in [-0.3, -0.25) is 0 Å². The largest absolute Gasteiger partial charge is 0.192 e. The molecule has 0 spiro atoms. The number of nitriles is 1. The van der Waals surface area contributed by atoms with Crippen molar-refractivity contribution in [3.8, 4) is 6.07 Å². The van der Waals surface area contributed by atoms with E-state index >= 15 is 0 Å². The molecule has 0 N–H and O–H groups in total. The highest BCUT2D eigenvalue weighted by Gasteiger charge is 1.87. The zero-order chi connectivity index (χ0) is 9.98. The van der Waals surface area contributed by atoms with Crippen molar-refractivity contribution in [2.24, 2.45) is 0 Å². The first kappa shape index (κ1) is 13.3. The van der Waals surface area contributed by atoms with Gasteiger partial charge in [-0.1, -0.05) is 40.0 Å². The van der Waals surface area contributed by atoms with Crippen molar-refractivity contribution in [2.45, 2.75) is 27.2 Å². The van der Waals surface area contributed by atoms with E-state index in [2.05, 4.69) is 13.2 Å². The van der Waals surface area contributed by atoms with E-state index < -0.39 is 0 Å². The molecule has 0 aromatic rings. The van der Waals surface area contributed by atoms with E-state index in [4.69, 9.17) is 5.26 Å². The Morgan fingerprint density at radius 3 is 2.25 bits per heavy atom. The first-order chi connectivity index (χ1) is 5.74. The highest BCUT2D eigenvalue weighted by atomic mass is 14.2. The van der Waals surface area contributed by atoms with Gasteiger partial charge in [-0.05, 0) is 18.1 Å². The van der Waals surface area contributed by atoms with Gasteiger partial charge in [0, 0.05) is 5.57 Å². The fraction of sp³-hybridized carbons (Fsp3) is 0.364. The minimum Gasteiger partial charge on any atom is -0.192 e. The maximum absolute atomic E-state index is 8.35. The molecule has 0 unspecified atom stereocenters. The summed E-state index contributed by atoms with van der Waals surface area (Å²) in [5.74, 6) is 0. The summed E-state index contributed by atoms with van der Waals surface area (Å²) in [5, 5.41) is 8.35. The second-order valence-electron chi connectivity index (χ2n) is 1.91. The zero-order valence-electron chi connectivity index (χ0n) is 8.22. The number of hydrogen-bond acceptors (Lipinski definition) is 1. The number of allylic oxidation sites excluding steroid dienone is 4. The molecule has 0 radical (unpaired) electrons. The Balaban J connectivity index is 0. The Kier molecular flexibility index (Phi) is 10.8. The zero-order valence-corrected chi connectivity index (χ0v) is 8.22. The molecule has 66 valence electrons. The van der Waals surface area contributed by atoms with Crippen molar-refractivity contribution < 1.29 is 0 Å². The lowest BCUT2D eigenvalue weighted by Gasteiger charge is -1.92. The molecule has 0 aromatic heterocycles. The van der Waals surface area contributed by atoms with Gasteiger partial charge in [-0.2, -0.15) is 5.26 Å². The van der Waals surface area contributed by atoms with Crippen LogP contribution in [-0.4, -0.2) is 0 Å². The van der Waals surface area contributed by atoms with Crippen LogP contribution in [0.15, 0.2) is 36.5 Å². The molecule has 0 amide bonds. The minimum absolute atomic E-state index is 0.483. The van der Waals surface area contributed by atoms with Gasteiger partial charge in [0.1, 0.15) is 0 Å². The van der Waals surface area contributed by atoms with E-state index in [-0.39, 0.29) is 0 Å². The Hall–Kier alpha value is -1.29. The Bertz CT molecular complexity index is 204.